The molecular weight excluding hydrogens is 321 g/mol. The first-order chi connectivity index (χ1) is 12.0. The van der Waals surface area contributed by atoms with Crippen LogP contribution >= 0.6 is 0 Å². The molecule has 1 saturated carbocycles. The Morgan fingerprint density at radius 2 is 1.84 bits per heavy atom. The number of hydrogen-bond donors (Lipinski definition) is 1. The summed E-state index contributed by atoms with van der Waals surface area (Å²) in [5.74, 6) is -0.0250. The van der Waals surface area contributed by atoms with E-state index < -0.39 is 0 Å². The molecule has 1 aromatic rings. The van der Waals surface area contributed by atoms with Gasteiger partial charge in [-0.05, 0) is 49.9 Å². The van der Waals surface area contributed by atoms with Crippen molar-refractivity contribution in [3.8, 4) is 0 Å². The normalized spacial score (nSPS) is 23.8. The van der Waals surface area contributed by atoms with Crippen LogP contribution in [0.2, 0.25) is 0 Å². The zero-order valence-corrected chi connectivity index (χ0v) is 14.7. The van der Waals surface area contributed by atoms with Crippen LogP contribution in [0.5, 0.6) is 0 Å². The Kier molecular flexibility index (Phi) is 5.37. The Hall–Kier alpha value is -1.95. The number of hydrogen-bond acceptors (Lipinski definition) is 3. The van der Waals surface area contributed by atoms with Crippen molar-refractivity contribution in [3.63, 3.8) is 0 Å². The van der Waals surface area contributed by atoms with Crippen LogP contribution in [0.4, 0.5) is 4.39 Å². The van der Waals surface area contributed by atoms with Gasteiger partial charge < -0.3 is 15.5 Å². The lowest BCUT2D eigenvalue weighted by Gasteiger charge is -2.36. The van der Waals surface area contributed by atoms with Crippen molar-refractivity contribution in [1.82, 2.24) is 9.80 Å². The molecule has 2 fully saturated rings. The second-order valence-electron chi connectivity index (χ2n) is 7.11. The van der Waals surface area contributed by atoms with Crippen LogP contribution < -0.4 is 5.73 Å². The second kappa shape index (κ2) is 7.52. The van der Waals surface area contributed by atoms with Gasteiger partial charge in [0.2, 0.25) is 5.91 Å². The zero-order chi connectivity index (χ0) is 18.0. The van der Waals surface area contributed by atoms with Crippen molar-refractivity contribution in [2.45, 2.75) is 26.2 Å². The lowest BCUT2D eigenvalue weighted by Crippen LogP contribution is -2.52. The Bertz CT molecular complexity index is 656. The van der Waals surface area contributed by atoms with Gasteiger partial charge in [0, 0.05) is 37.7 Å². The molecule has 3 rings (SSSR count). The van der Waals surface area contributed by atoms with E-state index in [9.17, 15) is 14.0 Å². The minimum atomic E-state index is -0.367. The summed E-state index contributed by atoms with van der Waals surface area (Å²) in [6.07, 6.45) is 3.02. The summed E-state index contributed by atoms with van der Waals surface area (Å²) in [4.78, 5) is 28.8. The van der Waals surface area contributed by atoms with Crippen molar-refractivity contribution in [3.05, 3.63) is 35.1 Å². The number of amides is 2. The number of nitrogens with zero attached hydrogens (tertiary/aromatic N) is 2. The van der Waals surface area contributed by atoms with Crippen molar-refractivity contribution in [2.75, 3.05) is 32.7 Å². The molecule has 25 heavy (non-hydrogen) atoms. The van der Waals surface area contributed by atoms with Gasteiger partial charge in [-0.3, -0.25) is 9.59 Å². The number of carbonyl (C=O) groups is 2. The number of aryl methyl sites for hydroxylation is 1. The third-order valence-corrected chi connectivity index (χ3v) is 5.58. The minimum absolute atomic E-state index is 0.0402. The van der Waals surface area contributed by atoms with Crippen LogP contribution in [0.1, 0.15) is 35.2 Å². The number of rotatable bonds is 3. The number of piperazine rings is 1. The van der Waals surface area contributed by atoms with Crippen LogP contribution in [0.25, 0.3) is 0 Å². The van der Waals surface area contributed by atoms with Gasteiger partial charge in [0.15, 0.2) is 0 Å². The van der Waals surface area contributed by atoms with Gasteiger partial charge >= 0.3 is 0 Å². The van der Waals surface area contributed by atoms with E-state index in [2.05, 4.69) is 0 Å². The SMILES string of the molecule is Cc1ccc(C(=O)N2CCN(C(=O)[C@@H]3CCC[C@@H]3CN)CC2)cc1F. The van der Waals surface area contributed by atoms with Crippen molar-refractivity contribution < 1.29 is 14.0 Å². The fourth-order valence-corrected chi connectivity index (χ4v) is 3.92. The molecule has 1 aliphatic heterocycles. The Morgan fingerprint density at radius 1 is 1.16 bits per heavy atom. The molecule has 0 aromatic heterocycles. The van der Waals surface area contributed by atoms with Crippen molar-refractivity contribution in [2.24, 2.45) is 17.6 Å². The molecule has 0 spiro atoms. The molecule has 2 N–H and O–H groups in total. The van der Waals surface area contributed by atoms with Gasteiger partial charge in [0.05, 0.1) is 0 Å². The van der Waals surface area contributed by atoms with E-state index in [0.717, 1.165) is 19.3 Å². The van der Waals surface area contributed by atoms with Crippen LogP contribution in [0.3, 0.4) is 0 Å². The molecular formula is C19H26FN3O2. The van der Waals surface area contributed by atoms with Crippen LogP contribution in [-0.4, -0.2) is 54.3 Å². The molecule has 6 heteroatoms. The lowest BCUT2D eigenvalue weighted by atomic mass is 9.94. The predicted molar refractivity (Wildman–Crippen MR) is 93.5 cm³/mol. The number of halogens is 1. The summed E-state index contributed by atoms with van der Waals surface area (Å²) in [5.41, 5.74) is 6.68. The van der Waals surface area contributed by atoms with Gasteiger partial charge in [-0.2, -0.15) is 0 Å². The predicted octanol–water partition coefficient (Wildman–Crippen LogP) is 1.79. The van der Waals surface area contributed by atoms with E-state index >= 15 is 0 Å². The molecule has 1 saturated heterocycles. The average Bonchev–Trinajstić information content (AvgIpc) is 3.11. The van der Waals surface area contributed by atoms with Crippen LogP contribution in [-0.2, 0) is 4.79 Å². The molecule has 1 aromatic carbocycles. The quantitative estimate of drug-likeness (QED) is 0.907. The molecule has 2 amide bonds. The van der Waals surface area contributed by atoms with Crippen LogP contribution in [0.15, 0.2) is 18.2 Å². The number of carbonyl (C=O) groups excluding carboxylic acids is 2. The maximum Gasteiger partial charge on any atom is 0.254 e. The van der Waals surface area contributed by atoms with E-state index in [1.54, 1.807) is 24.0 Å². The summed E-state index contributed by atoms with van der Waals surface area (Å²) in [6, 6.07) is 4.57. The summed E-state index contributed by atoms with van der Waals surface area (Å²) in [7, 11) is 0. The highest BCUT2D eigenvalue weighted by Crippen LogP contribution is 2.32. The second-order valence-corrected chi connectivity index (χ2v) is 7.11. The van der Waals surface area contributed by atoms with Gasteiger partial charge in [-0.25, -0.2) is 4.39 Å². The summed E-state index contributed by atoms with van der Waals surface area (Å²) >= 11 is 0. The summed E-state index contributed by atoms with van der Waals surface area (Å²) in [6.45, 7) is 4.28. The van der Waals surface area contributed by atoms with E-state index in [1.807, 2.05) is 4.90 Å². The van der Waals surface area contributed by atoms with E-state index in [4.69, 9.17) is 5.73 Å². The molecule has 0 unspecified atom stereocenters. The zero-order valence-electron chi connectivity index (χ0n) is 14.7. The molecule has 1 heterocycles. The topological polar surface area (TPSA) is 66.6 Å². The van der Waals surface area contributed by atoms with Gasteiger partial charge in [-0.15, -0.1) is 0 Å². The molecule has 2 atom stereocenters. The van der Waals surface area contributed by atoms with E-state index in [0.29, 0.717) is 49.8 Å². The lowest BCUT2D eigenvalue weighted by molar-refractivity contribution is -0.138. The molecule has 2 aliphatic rings. The third kappa shape index (κ3) is 3.68. The standard InChI is InChI=1S/C19H26FN3O2/c1-13-5-6-14(11-17(13)20)18(24)22-7-9-23(10-8-22)19(25)16-4-2-3-15(16)12-21/h5-6,11,15-16H,2-4,7-10,12,21H2,1H3/t15-,16-/m1/s1. The Labute approximate surface area is 148 Å². The third-order valence-electron chi connectivity index (χ3n) is 5.58. The van der Waals surface area contributed by atoms with Gasteiger partial charge in [0.1, 0.15) is 5.82 Å². The maximum absolute atomic E-state index is 13.7. The molecule has 136 valence electrons. The van der Waals surface area contributed by atoms with Crippen LogP contribution in [0, 0.1) is 24.6 Å². The van der Waals surface area contributed by atoms with Gasteiger partial charge in [0.25, 0.3) is 5.91 Å². The Balaban J connectivity index is 1.58. The highest BCUT2D eigenvalue weighted by Gasteiger charge is 2.36. The smallest absolute Gasteiger partial charge is 0.254 e. The van der Waals surface area contributed by atoms with E-state index in [-0.39, 0.29) is 23.5 Å². The fourth-order valence-electron chi connectivity index (χ4n) is 3.92. The number of nitrogens with two attached hydrogens (primary N) is 1. The molecule has 1 aliphatic carbocycles. The monoisotopic (exact) mass is 347 g/mol. The average molecular weight is 347 g/mol. The van der Waals surface area contributed by atoms with E-state index in [1.165, 1.54) is 6.07 Å². The Morgan fingerprint density at radius 3 is 2.48 bits per heavy atom. The summed E-state index contributed by atoms with van der Waals surface area (Å²) < 4.78 is 13.7. The largest absolute Gasteiger partial charge is 0.339 e. The van der Waals surface area contributed by atoms with Crippen molar-refractivity contribution >= 4 is 11.8 Å². The summed E-state index contributed by atoms with van der Waals surface area (Å²) in [5, 5.41) is 0. The number of benzene rings is 1. The first kappa shape index (κ1) is 17.9. The molecule has 5 nitrogen and oxygen atoms in total. The first-order valence-corrected chi connectivity index (χ1v) is 9.05. The highest BCUT2D eigenvalue weighted by atomic mass is 19.1. The first-order valence-electron chi connectivity index (χ1n) is 9.05. The molecule has 0 bridgehead atoms. The van der Waals surface area contributed by atoms with Crippen molar-refractivity contribution in [1.29, 1.82) is 0 Å². The van der Waals surface area contributed by atoms with Gasteiger partial charge in [-0.1, -0.05) is 12.5 Å². The minimum Gasteiger partial charge on any atom is -0.339 e. The molecule has 0 radical (unpaired) electrons. The fraction of sp³-hybridized carbons (Fsp3) is 0.579. The maximum atomic E-state index is 13.7. The highest BCUT2D eigenvalue weighted by molar-refractivity contribution is 5.94.